The van der Waals surface area contributed by atoms with E-state index in [9.17, 15) is 19.2 Å². The molecule has 0 aromatic heterocycles. The van der Waals surface area contributed by atoms with Crippen LogP contribution in [0.3, 0.4) is 0 Å². The number of hydrogen-bond donors (Lipinski definition) is 3. The molecule has 0 unspecified atom stereocenters. The summed E-state index contributed by atoms with van der Waals surface area (Å²) in [7, 11) is 2.36. The van der Waals surface area contributed by atoms with Gasteiger partial charge in [0.2, 0.25) is 5.91 Å². The highest BCUT2D eigenvalue weighted by atomic mass is 16.5. The van der Waals surface area contributed by atoms with E-state index in [1.54, 1.807) is 24.3 Å². The fourth-order valence-electron chi connectivity index (χ4n) is 2.21. The van der Waals surface area contributed by atoms with Crippen LogP contribution in [0.2, 0.25) is 0 Å². The summed E-state index contributed by atoms with van der Waals surface area (Å²) in [5.74, 6) is -2.41. The van der Waals surface area contributed by atoms with Gasteiger partial charge in [0.25, 0.3) is 5.91 Å². The number of nitrogens with two attached hydrogens (primary N) is 1. The summed E-state index contributed by atoms with van der Waals surface area (Å²) >= 11 is 0. The smallest absolute Gasteiger partial charge is 0.354 e. The molecule has 0 fully saturated rings. The molecule has 0 aliphatic rings. The van der Waals surface area contributed by atoms with E-state index in [0.717, 1.165) is 6.08 Å². The minimum absolute atomic E-state index is 0.119. The van der Waals surface area contributed by atoms with E-state index in [4.69, 9.17) is 5.73 Å². The van der Waals surface area contributed by atoms with E-state index in [0.29, 0.717) is 22.5 Å². The van der Waals surface area contributed by atoms with E-state index in [-0.39, 0.29) is 11.6 Å². The van der Waals surface area contributed by atoms with Crippen molar-refractivity contribution < 1.29 is 28.7 Å². The summed E-state index contributed by atoms with van der Waals surface area (Å²) in [6.45, 7) is 0. The molecule has 29 heavy (non-hydrogen) atoms. The number of benzene rings is 2. The minimum Gasteiger partial charge on any atom is -0.466 e. The lowest BCUT2D eigenvalue weighted by Crippen LogP contribution is -2.16. The maximum absolute atomic E-state index is 12.3. The van der Waals surface area contributed by atoms with Crippen molar-refractivity contribution in [3.05, 3.63) is 71.4 Å². The number of anilines is 2. The fraction of sp³-hybridized carbons (Fsp3) is 0.100. The topological polar surface area (TPSA) is 137 Å². The molecule has 4 N–H and O–H groups in total. The summed E-state index contributed by atoms with van der Waals surface area (Å²) in [5.41, 5.74) is 6.69. The van der Waals surface area contributed by atoms with Gasteiger partial charge in [-0.05, 0) is 48.5 Å². The first-order valence-electron chi connectivity index (χ1n) is 8.30. The van der Waals surface area contributed by atoms with Gasteiger partial charge in [-0.2, -0.15) is 0 Å². The number of rotatable bonds is 7. The molecular formula is C20H19N3O6. The first-order chi connectivity index (χ1) is 13.8. The normalized spacial score (nSPS) is 10.6. The summed E-state index contributed by atoms with van der Waals surface area (Å²) in [6, 6.07) is 12.3. The van der Waals surface area contributed by atoms with E-state index in [2.05, 4.69) is 20.1 Å². The number of methoxy groups -OCH3 is 2. The standard InChI is InChI=1S/C20H19N3O6/c1-28-17(24)11-16(20(27)29-2)22-14-9-5-13(6-10-14)19(26)23-15-7-3-12(4-8-15)18(21)25/h3-11,22H,1-2H3,(H2,21,25)(H,23,26)/b16-11+. The predicted octanol–water partition coefficient (Wildman–Crippen LogP) is 1.68. The van der Waals surface area contributed by atoms with Gasteiger partial charge in [0.1, 0.15) is 5.70 Å². The van der Waals surface area contributed by atoms with Gasteiger partial charge >= 0.3 is 11.9 Å². The monoisotopic (exact) mass is 397 g/mol. The molecule has 9 nitrogen and oxygen atoms in total. The Bertz CT molecular complexity index is 949. The second-order valence-electron chi connectivity index (χ2n) is 5.67. The molecule has 150 valence electrons. The summed E-state index contributed by atoms with van der Waals surface area (Å²) < 4.78 is 9.11. The number of nitrogens with one attached hydrogen (secondary N) is 2. The molecule has 2 rings (SSSR count). The number of amides is 2. The van der Waals surface area contributed by atoms with Crippen LogP contribution in [0.5, 0.6) is 0 Å². The average molecular weight is 397 g/mol. The molecule has 0 saturated carbocycles. The number of ether oxygens (including phenoxy) is 2. The van der Waals surface area contributed by atoms with E-state index >= 15 is 0 Å². The first kappa shape index (κ1) is 21.2. The lowest BCUT2D eigenvalue weighted by molar-refractivity contribution is -0.138. The molecule has 0 heterocycles. The van der Waals surface area contributed by atoms with Crippen LogP contribution in [0.4, 0.5) is 11.4 Å². The zero-order chi connectivity index (χ0) is 21.4. The number of hydrogen-bond acceptors (Lipinski definition) is 7. The van der Waals surface area contributed by atoms with Gasteiger partial charge < -0.3 is 25.8 Å². The quantitative estimate of drug-likeness (QED) is 0.477. The molecule has 0 spiro atoms. The molecule has 0 atom stereocenters. The van der Waals surface area contributed by atoms with E-state index in [1.165, 1.54) is 38.5 Å². The van der Waals surface area contributed by atoms with Crippen LogP contribution in [0.15, 0.2) is 60.3 Å². The molecule has 0 aliphatic heterocycles. The zero-order valence-electron chi connectivity index (χ0n) is 15.7. The molecule has 2 aromatic carbocycles. The fourth-order valence-corrected chi connectivity index (χ4v) is 2.21. The molecule has 0 bridgehead atoms. The van der Waals surface area contributed by atoms with Crippen molar-refractivity contribution in [2.24, 2.45) is 5.73 Å². The van der Waals surface area contributed by atoms with Crippen molar-refractivity contribution in [2.45, 2.75) is 0 Å². The highest BCUT2D eigenvalue weighted by Gasteiger charge is 2.13. The SMILES string of the molecule is COC(=O)/C=C(/Nc1ccc(C(=O)Nc2ccc(C(N)=O)cc2)cc1)C(=O)OC. The Morgan fingerprint density at radius 2 is 1.31 bits per heavy atom. The maximum atomic E-state index is 12.3. The van der Waals surface area contributed by atoms with Gasteiger partial charge in [-0.25, -0.2) is 9.59 Å². The van der Waals surface area contributed by atoms with Crippen molar-refractivity contribution in [1.29, 1.82) is 0 Å². The summed E-state index contributed by atoms with van der Waals surface area (Å²) in [6.07, 6.45) is 0.961. The number of carbonyl (C=O) groups is 4. The van der Waals surface area contributed by atoms with E-state index < -0.39 is 17.8 Å². The third-order valence-corrected chi connectivity index (χ3v) is 3.72. The zero-order valence-corrected chi connectivity index (χ0v) is 15.7. The molecule has 9 heteroatoms. The summed E-state index contributed by atoms with van der Waals surface area (Å²) in [4.78, 5) is 46.5. The summed E-state index contributed by atoms with van der Waals surface area (Å²) in [5, 5.41) is 5.43. The van der Waals surface area contributed by atoms with Gasteiger partial charge in [0.05, 0.1) is 20.3 Å². The Hall–Kier alpha value is -4.14. The second-order valence-corrected chi connectivity index (χ2v) is 5.67. The van der Waals surface area contributed by atoms with Crippen LogP contribution in [-0.2, 0) is 19.1 Å². The van der Waals surface area contributed by atoms with Crippen LogP contribution in [0.1, 0.15) is 20.7 Å². The van der Waals surface area contributed by atoms with Gasteiger partial charge in [-0.15, -0.1) is 0 Å². The molecule has 0 aliphatic carbocycles. The van der Waals surface area contributed by atoms with Gasteiger partial charge in [-0.3, -0.25) is 9.59 Å². The Labute approximate surface area is 166 Å². The first-order valence-corrected chi connectivity index (χ1v) is 8.30. The third kappa shape index (κ3) is 5.93. The van der Waals surface area contributed by atoms with Crippen LogP contribution in [0, 0.1) is 0 Å². The van der Waals surface area contributed by atoms with Crippen LogP contribution in [-0.4, -0.2) is 38.0 Å². The number of esters is 2. The molecular weight excluding hydrogens is 378 g/mol. The minimum atomic E-state index is -0.753. The Kier molecular flexibility index (Phi) is 7.08. The van der Waals surface area contributed by atoms with Crippen molar-refractivity contribution in [2.75, 3.05) is 24.9 Å². The number of carbonyl (C=O) groups excluding carboxylic acids is 4. The van der Waals surface area contributed by atoms with Crippen LogP contribution in [0.25, 0.3) is 0 Å². The highest BCUT2D eigenvalue weighted by molar-refractivity contribution is 6.05. The van der Waals surface area contributed by atoms with Crippen molar-refractivity contribution in [3.63, 3.8) is 0 Å². The molecule has 0 radical (unpaired) electrons. The Morgan fingerprint density at radius 3 is 1.79 bits per heavy atom. The van der Waals surface area contributed by atoms with Crippen molar-refractivity contribution in [1.82, 2.24) is 0 Å². The largest absolute Gasteiger partial charge is 0.466 e. The third-order valence-electron chi connectivity index (χ3n) is 3.72. The van der Waals surface area contributed by atoms with Crippen LogP contribution < -0.4 is 16.4 Å². The lowest BCUT2D eigenvalue weighted by Gasteiger charge is -2.10. The van der Waals surface area contributed by atoms with Crippen LogP contribution >= 0.6 is 0 Å². The molecule has 0 saturated heterocycles. The van der Waals surface area contributed by atoms with Gasteiger partial charge in [0, 0.05) is 22.5 Å². The highest BCUT2D eigenvalue weighted by Crippen LogP contribution is 2.15. The Morgan fingerprint density at radius 1 is 0.793 bits per heavy atom. The second kappa shape index (κ2) is 9.70. The van der Waals surface area contributed by atoms with Crippen molar-refractivity contribution >= 4 is 35.1 Å². The maximum Gasteiger partial charge on any atom is 0.354 e. The molecule has 2 amide bonds. The molecule has 2 aromatic rings. The Balaban J connectivity index is 2.09. The van der Waals surface area contributed by atoms with Gasteiger partial charge in [-0.1, -0.05) is 0 Å². The lowest BCUT2D eigenvalue weighted by atomic mass is 10.1. The van der Waals surface area contributed by atoms with Crippen molar-refractivity contribution in [3.8, 4) is 0 Å². The predicted molar refractivity (Wildman–Crippen MR) is 105 cm³/mol. The number of primary amides is 1. The van der Waals surface area contributed by atoms with E-state index in [1.807, 2.05) is 0 Å². The average Bonchev–Trinajstić information content (AvgIpc) is 2.73. The van der Waals surface area contributed by atoms with Gasteiger partial charge in [0.15, 0.2) is 0 Å².